The molecule has 2 heterocycles. The molecule has 0 N–H and O–H groups in total. The van der Waals surface area contributed by atoms with Gasteiger partial charge >= 0.3 is 0 Å². The molecule has 0 aliphatic rings. The van der Waals surface area contributed by atoms with E-state index in [0.29, 0.717) is 17.9 Å². The number of aromatic nitrogens is 3. The Kier molecular flexibility index (Phi) is 3.91. The molecule has 0 bridgehead atoms. The first-order valence-corrected chi connectivity index (χ1v) is 8.08. The Morgan fingerprint density at radius 3 is 2.42 bits per heavy atom. The third kappa shape index (κ3) is 3.13. The monoisotopic (exact) mass is 299 g/mol. The van der Waals surface area contributed by atoms with Crippen LogP contribution in [-0.4, -0.2) is 23.2 Å². The highest BCUT2D eigenvalue weighted by Gasteiger charge is 2.22. The summed E-state index contributed by atoms with van der Waals surface area (Å²) in [5.41, 5.74) is 2.13. The van der Waals surface area contributed by atoms with Gasteiger partial charge < -0.3 is 0 Å². The van der Waals surface area contributed by atoms with E-state index in [2.05, 4.69) is 10.1 Å². The molecular formula is C12H14ClN3O2S. The minimum absolute atomic E-state index is 0.115. The molecule has 2 aromatic heterocycles. The molecule has 102 valence electrons. The molecular weight excluding hydrogens is 286 g/mol. The van der Waals surface area contributed by atoms with Gasteiger partial charge in [-0.1, -0.05) is 0 Å². The second-order valence-corrected chi connectivity index (χ2v) is 6.77. The molecule has 0 aliphatic heterocycles. The van der Waals surface area contributed by atoms with E-state index < -0.39 is 9.05 Å². The molecule has 0 aromatic carbocycles. The van der Waals surface area contributed by atoms with Crippen LogP contribution < -0.4 is 0 Å². The number of aryl methyl sites for hydroxylation is 3. The van der Waals surface area contributed by atoms with Crippen LogP contribution in [0.5, 0.6) is 0 Å². The van der Waals surface area contributed by atoms with E-state index in [4.69, 9.17) is 10.7 Å². The molecule has 0 fully saturated rings. The van der Waals surface area contributed by atoms with Crippen LogP contribution in [0.3, 0.4) is 0 Å². The van der Waals surface area contributed by atoms with Crippen LogP contribution in [0.25, 0.3) is 0 Å². The minimum Gasteiger partial charge on any atom is -0.268 e. The zero-order chi connectivity index (χ0) is 14.0. The Hall–Kier alpha value is -1.40. The molecule has 2 rings (SSSR count). The van der Waals surface area contributed by atoms with Crippen LogP contribution in [0.4, 0.5) is 0 Å². The van der Waals surface area contributed by atoms with E-state index in [9.17, 15) is 8.42 Å². The first-order valence-electron chi connectivity index (χ1n) is 5.77. The lowest BCUT2D eigenvalue weighted by atomic mass is 10.2. The van der Waals surface area contributed by atoms with Crippen LogP contribution in [0.15, 0.2) is 29.4 Å². The standard InChI is InChI=1S/C12H14ClN3O2S/c1-9-12(19(13,17)18)10(2)16(15-9)8-5-11-3-6-14-7-4-11/h3-4,6-7H,5,8H2,1-2H3. The summed E-state index contributed by atoms with van der Waals surface area (Å²) in [6, 6.07) is 3.84. The van der Waals surface area contributed by atoms with Crippen molar-refractivity contribution in [2.75, 3.05) is 0 Å². The number of nitrogens with zero attached hydrogens (tertiary/aromatic N) is 3. The first-order chi connectivity index (χ1) is 8.89. The van der Waals surface area contributed by atoms with Gasteiger partial charge in [0.15, 0.2) is 0 Å². The largest absolute Gasteiger partial charge is 0.268 e. The smallest absolute Gasteiger partial charge is 0.264 e. The minimum atomic E-state index is -3.75. The molecule has 0 aliphatic carbocycles. The first kappa shape index (κ1) is 14.0. The quantitative estimate of drug-likeness (QED) is 0.811. The fourth-order valence-corrected chi connectivity index (χ4v) is 3.56. The average molecular weight is 300 g/mol. The van der Waals surface area contributed by atoms with Crippen molar-refractivity contribution < 1.29 is 8.42 Å². The van der Waals surface area contributed by atoms with Crippen LogP contribution in [0, 0.1) is 13.8 Å². The van der Waals surface area contributed by atoms with E-state index in [1.807, 2.05) is 12.1 Å². The lowest BCUT2D eigenvalue weighted by Crippen LogP contribution is -2.06. The van der Waals surface area contributed by atoms with Gasteiger partial charge in [-0.05, 0) is 38.0 Å². The van der Waals surface area contributed by atoms with E-state index in [-0.39, 0.29) is 4.90 Å². The number of hydrogen-bond donors (Lipinski definition) is 0. The number of halogens is 1. The Labute approximate surface area is 116 Å². The third-order valence-corrected chi connectivity index (χ3v) is 4.46. The maximum Gasteiger partial charge on any atom is 0.264 e. The van der Waals surface area contributed by atoms with Crippen LogP contribution in [0.2, 0.25) is 0 Å². The van der Waals surface area contributed by atoms with Gasteiger partial charge in [-0.15, -0.1) is 0 Å². The molecule has 0 saturated carbocycles. The molecule has 19 heavy (non-hydrogen) atoms. The fourth-order valence-electron chi connectivity index (χ4n) is 2.04. The lowest BCUT2D eigenvalue weighted by Gasteiger charge is -2.04. The predicted molar refractivity (Wildman–Crippen MR) is 72.7 cm³/mol. The van der Waals surface area contributed by atoms with Crippen molar-refractivity contribution in [3.05, 3.63) is 41.5 Å². The van der Waals surface area contributed by atoms with Gasteiger partial charge in [-0.3, -0.25) is 9.67 Å². The summed E-state index contributed by atoms with van der Waals surface area (Å²) in [6.45, 7) is 3.95. The molecule has 0 spiro atoms. The van der Waals surface area contributed by atoms with Crippen LogP contribution in [-0.2, 0) is 22.0 Å². The van der Waals surface area contributed by atoms with Gasteiger partial charge in [-0.2, -0.15) is 5.10 Å². The maximum absolute atomic E-state index is 11.5. The molecule has 0 atom stereocenters. The summed E-state index contributed by atoms with van der Waals surface area (Å²) in [5, 5.41) is 4.23. The Bertz CT molecular complexity index is 681. The van der Waals surface area contributed by atoms with Crippen molar-refractivity contribution in [3.63, 3.8) is 0 Å². The van der Waals surface area contributed by atoms with Gasteiger partial charge in [0.05, 0.1) is 11.4 Å². The van der Waals surface area contributed by atoms with Crippen molar-refractivity contribution in [3.8, 4) is 0 Å². The SMILES string of the molecule is Cc1nn(CCc2ccncc2)c(C)c1S(=O)(=O)Cl. The summed E-state index contributed by atoms with van der Waals surface area (Å²) >= 11 is 0. The molecule has 2 aromatic rings. The number of pyridine rings is 1. The van der Waals surface area contributed by atoms with E-state index in [1.54, 1.807) is 30.9 Å². The highest BCUT2D eigenvalue weighted by atomic mass is 35.7. The van der Waals surface area contributed by atoms with Crippen molar-refractivity contribution in [2.24, 2.45) is 0 Å². The summed E-state index contributed by atoms with van der Waals surface area (Å²) in [6.07, 6.45) is 4.21. The fraction of sp³-hybridized carbons (Fsp3) is 0.333. The van der Waals surface area contributed by atoms with Gasteiger partial charge in [0, 0.05) is 29.6 Å². The number of rotatable bonds is 4. The Balaban J connectivity index is 2.24. The molecule has 0 radical (unpaired) electrons. The highest BCUT2D eigenvalue weighted by molar-refractivity contribution is 8.13. The summed E-state index contributed by atoms with van der Waals surface area (Å²) in [5.74, 6) is 0. The predicted octanol–water partition coefficient (Wildman–Crippen LogP) is 2.07. The zero-order valence-corrected chi connectivity index (χ0v) is 12.2. The van der Waals surface area contributed by atoms with Crippen LogP contribution >= 0.6 is 10.7 Å². The van der Waals surface area contributed by atoms with E-state index >= 15 is 0 Å². The topological polar surface area (TPSA) is 64.8 Å². The Morgan fingerprint density at radius 1 is 1.26 bits per heavy atom. The highest BCUT2D eigenvalue weighted by Crippen LogP contribution is 2.23. The summed E-state index contributed by atoms with van der Waals surface area (Å²) in [4.78, 5) is 4.06. The normalized spacial score (nSPS) is 11.7. The number of hydrogen-bond acceptors (Lipinski definition) is 4. The summed E-state index contributed by atoms with van der Waals surface area (Å²) < 4.78 is 24.6. The van der Waals surface area contributed by atoms with E-state index in [1.165, 1.54) is 0 Å². The molecule has 5 nitrogen and oxygen atoms in total. The van der Waals surface area contributed by atoms with Crippen molar-refractivity contribution in [1.29, 1.82) is 0 Å². The third-order valence-electron chi connectivity index (χ3n) is 2.92. The lowest BCUT2D eigenvalue weighted by molar-refractivity contribution is 0.589. The van der Waals surface area contributed by atoms with Gasteiger partial charge in [0.2, 0.25) is 0 Å². The van der Waals surface area contributed by atoms with Crippen molar-refractivity contribution in [1.82, 2.24) is 14.8 Å². The Morgan fingerprint density at radius 2 is 1.89 bits per heavy atom. The van der Waals surface area contributed by atoms with Gasteiger partial charge in [-0.25, -0.2) is 8.42 Å². The zero-order valence-electron chi connectivity index (χ0n) is 10.7. The van der Waals surface area contributed by atoms with Gasteiger partial charge in [0.1, 0.15) is 4.90 Å². The van der Waals surface area contributed by atoms with E-state index in [0.717, 1.165) is 12.0 Å². The molecule has 7 heteroatoms. The maximum atomic E-state index is 11.5. The second kappa shape index (κ2) is 5.30. The molecule has 0 unspecified atom stereocenters. The van der Waals surface area contributed by atoms with Crippen molar-refractivity contribution in [2.45, 2.75) is 31.7 Å². The summed E-state index contributed by atoms with van der Waals surface area (Å²) in [7, 11) is 1.66. The second-order valence-electron chi connectivity index (χ2n) is 4.27. The molecule has 0 amide bonds. The molecule has 0 saturated heterocycles. The average Bonchev–Trinajstić information content (AvgIpc) is 2.62. The van der Waals surface area contributed by atoms with Crippen LogP contribution in [0.1, 0.15) is 17.0 Å². The van der Waals surface area contributed by atoms with Crippen molar-refractivity contribution >= 4 is 19.7 Å². The van der Waals surface area contributed by atoms with Gasteiger partial charge in [0.25, 0.3) is 9.05 Å².